The molecule has 0 saturated carbocycles. The third-order valence-corrected chi connectivity index (χ3v) is 1.71. The fourth-order valence-corrected chi connectivity index (χ4v) is 1.12. The Bertz CT molecular complexity index is 304. The number of alkyl halides is 3. The molecule has 1 aromatic rings. The maximum atomic E-state index is 11.9. The van der Waals surface area contributed by atoms with Crippen molar-refractivity contribution >= 4 is 0 Å². The SMILES string of the molecule is CC(C)c1cc[c]cc1OC(F)(F)F. The molecule has 0 heterocycles. The van der Waals surface area contributed by atoms with E-state index in [1.807, 2.05) is 0 Å². The second-order valence-corrected chi connectivity index (χ2v) is 3.17. The molecule has 1 nitrogen and oxygen atoms in total. The number of hydrogen-bond acceptors (Lipinski definition) is 1. The average Bonchev–Trinajstić information content (AvgIpc) is 2.01. The van der Waals surface area contributed by atoms with Crippen molar-refractivity contribution in [3.05, 3.63) is 29.8 Å². The summed E-state index contributed by atoms with van der Waals surface area (Å²) in [5, 5.41) is 0. The number of ether oxygens (including phenoxy) is 1. The van der Waals surface area contributed by atoms with E-state index in [0.29, 0.717) is 5.56 Å². The maximum absolute atomic E-state index is 11.9. The van der Waals surface area contributed by atoms with Crippen LogP contribution in [-0.2, 0) is 0 Å². The highest BCUT2D eigenvalue weighted by Gasteiger charge is 2.32. The third kappa shape index (κ3) is 2.94. The van der Waals surface area contributed by atoms with Crippen LogP contribution in [0.25, 0.3) is 0 Å². The molecule has 0 bridgehead atoms. The Labute approximate surface area is 80.5 Å². The van der Waals surface area contributed by atoms with Gasteiger partial charge in [0.05, 0.1) is 0 Å². The van der Waals surface area contributed by atoms with E-state index in [1.165, 1.54) is 6.07 Å². The van der Waals surface area contributed by atoms with Crippen LogP contribution in [0, 0.1) is 6.07 Å². The lowest BCUT2D eigenvalue weighted by Gasteiger charge is -2.14. The van der Waals surface area contributed by atoms with Gasteiger partial charge in [0.1, 0.15) is 5.75 Å². The summed E-state index contributed by atoms with van der Waals surface area (Å²) >= 11 is 0. The summed E-state index contributed by atoms with van der Waals surface area (Å²) < 4.78 is 39.7. The van der Waals surface area contributed by atoms with Gasteiger partial charge in [0.25, 0.3) is 0 Å². The summed E-state index contributed by atoms with van der Waals surface area (Å²) in [6, 6.07) is 6.89. The molecule has 0 aliphatic carbocycles. The van der Waals surface area contributed by atoms with E-state index in [2.05, 4.69) is 10.8 Å². The quantitative estimate of drug-likeness (QED) is 0.714. The second-order valence-electron chi connectivity index (χ2n) is 3.17. The number of rotatable bonds is 2. The van der Waals surface area contributed by atoms with Crippen LogP contribution in [0.4, 0.5) is 13.2 Å². The van der Waals surface area contributed by atoms with Crippen molar-refractivity contribution in [3.8, 4) is 5.75 Å². The monoisotopic (exact) mass is 203 g/mol. The van der Waals surface area contributed by atoms with Gasteiger partial charge in [-0.15, -0.1) is 13.2 Å². The Kier molecular flexibility index (Phi) is 3.03. The van der Waals surface area contributed by atoms with E-state index in [1.54, 1.807) is 26.0 Å². The highest BCUT2D eigenvalue weighted by molar-refractivity contribution is 5.35. The molecule has 0 fully saturated rings. The van der Waals surface area contributed by atoms with Crippen molar-refractivity contribution in [1.82, 2.24) is 0 Å². The van der Waals surface area contributed by atoms with Gasteiger partial charge in [-0.1, -0.05) is 26.0 Å². The van der Waals surface area contributed by atoms with Crippen LogP contribution in [0.1, 0.15) is 25.3 Å². The van der Waals surface area contributed by atoms with Crippen molar-refractivity contribution < 1.29 is 17.9 Å². The predicted molar refractivity (Wildman–Crippen MR) is 46.1 cm³/mol. The van der Waals surface area contributed by atoms with E-state index < -0.39 is 6.36 Å². The molecule has 77 valence electrons. The Morgan fingerprint density at radius 3 is 2.50 bits per heavy atom. The Balaban J connectivity index is 2.96. The summed E-state index contributed by atoms with van der Waals surface area (Å²) in [6.45, 7) is 3.61. The molecule has 0 aromatic heterocycles. The molecule has 0 aliphatic heterocycles. The van der Waals surface area contributed by atoms with E-state index >= 15 is 0 Å². The van der Waals surface area contributed by atoms with Crippen LogP contribution in [0.15, 0.2) is 18.2 Å². The van der Waals surface area contributed by atoms with Crippen LogP contribution in [0.5, 0.6) is 5.75 Å². The smallest absolute Gasteiger partial charge is 0.405 e. The van der Waals surface area contributed by atoms with Crippen LogP contribution >= 0.6 is 0 Å². The fourth-order valence-electron chi connectivity index (χ4n) is 1.12. The van der Waals surface area contributed by atoms with Gasteiger partial charge < -0.3 is 4.74 Å². The summed E-state index contributed by atoms with van der Waals surface area (Å²) in [6.07, 6.45) is -4.64. The van der Waals surface area contributed by atoms with E-state index in [4.69, 9.17) is 0 Å². The van der Waals surface area contributed by atoms with Crippen LogP contribution < -0.4 is 4.74 Å². The molecule has 1 radical (unpaired) electrons. The van der Waals surface area contributed by atoms with Crippen LogP contribution in [0.3, 0.4) is 0 Å². The molecule has 1 rings (SSSR count). The van der Waals surface area contributed by atoms with Crippen molar-refractivity contribution in [2.24, 2.45) is 0 Å². The zero-order valence-corrected chi connectivity index (χ0v) is 7.85. The van der Waals surface area contributed by atoms with Crippen molar-refractivity contribution in [1.29, 1.82) is 0 Å². The number of halogens is 3. The van der Waals surface area contributed by atoms with E-state index in [0.717, 1.165) is 0 Å². The number of benzene rings is 1. The molecule has 0 saturated heterocycles. The molecule has 0 spiro atoms. The lowest BCUT2D eigenvalue weighted by Crippen LogP contribution is -2.18. The number of hydrogen-bond donors (Lipinski definition) is 0. The van der Waals surface area contributed by atoms with Crippen LogP contribution in [0.2, 0.25) is 0 Å². The van der Waals surface area contributed by atoms with Crippen molar-refractivity contribution in [2.45, 2.75) is 26.1 Å². The molecule has 14 heavy (non-hydrogen) atoms. The van der Waals surface area contributed by atoms with Gasteiger partial charge in [0.15, 0.2) is 0 Å². The largest absolute Gasteiger partial charge is 0.573 e. The highest BCUT2D eigenvalue weighted by Crippen LogP contribution is 2.30. The summed E-state index contributed by atoms with van der Waals surface area (Å²) in [7, 11) is 0. The summed E-state index contributed by atoms with van der Waals surface area (Å²) in [4.78, 5) is 0. The Hall–Kier alpha value is -1.19. The van der Waals surface area contributed by atoms with Gasteiger partial charge in [0.2, 0.25) is 0 Å². The first-order chi connectivity index (χ1) is 6.40. The molecule has 0 unspecified atom stereocenters. The first-order valence-electron chi connectivity index (χ1n) is 4.16. The first-order valence-corrected chi connectivity index (χ1v) is 4.16. The summed E-state index contributed by atoms with van der Waals surface area (Å²) in [5.74, 6) is -0.183. The topological polar surface area (TPSA) is 9.23 Å². The third-order valence-electron chi connectivity index (χ3n) is 1.71. The zero-order chi connectivity index (χ0) is 10.8. The molecule has 4 heteroatoms. The Morgan fingerprint density at radius 2 is 2.00 bits per heavy atom. The van der Waals surface area contributed by atoms with E-state index in [-0.39, 0.29) is 11.7 Å². The highest BCUT2D eigenvalue weighted by atomic mass is 19.4. The average molecular weight is 203 g/mol. The van der Waals surface area contributed by atoms with Gasteiger partial charge in [-0.25, -0.2) is 0 Å². The van der Waals surface area contributed by atoms with E-state index in [9.17, 15) is 13.2 Å². The fraction of sp³-hybridized carbons (Fsp3) is 0.400. The Morgan fingerprint density at radius 1 is 1.36 bits per heavy atom. The zero-order valence-electron chi connectivity index (χ0n) is 7.85. The molecule has 0 N–H and O–H groups in total. The van der Waals surface area contributed by atoms with Crippen LogP contribution in [-0.4, -0.2) is 6.36 Å². The molecule has 1 aromatic carbocycles. The van der Waals surface area contributed by atoms with Gasteiger partial charge in [0, 0.05) is 0 Å². The predicted octanol–water partition coefficient (Wildman–Crippen LogP) is 3.51. The molecule has 0 aliphatic rings. The maximum Gasteiger partial charge on any atom is 0.573 e. The lowest BCUT2D eigenvalue weighted by atomic mass is 10.0. The van der Waals surface area contributed by atoms with Gasteiger partial charge in [-0.3, -0.25) is 0 Å². The second kappa shape index (κ2) is 3.90. The van der Waals surface area contributed by atoms with Gasteiger partial charge in [-0.05, 0) is 23.6 Å². The minimum Gasteiger partial charge on any atom is -0.405 e. The molecule has 0 amide bonds. The van der Waals surface area contributed by atoms with Crippen molar-refractivity contribution in [3.63, 3.8) is 0 Å². The molecular formula is C10H10F3O. The molecular weight excluding hydrogens is 193 g/mol. The van der Waals surface area contributed by atoms with Crippen molar-refractivity contribution in [2.75, 3.05) is 0 Å². The minimum absolute atomic E-state index is 0.0121. The standard InChI is InChI=1S/C10H10F3O/c1-7(2)8-5-3-4-6-9(8)14-10(11,12)13/h3,5-7H,1-2H3. The molecule has 0 atom stereocenters. The van der Waals surface area contributed by atoms with Gasteiger partial charge >= 0.3 is 6.36 Å². The minimum atomic E-state index is -4.64. The summed E-state index contributed by atoms with van der Waals surface area (Å²) in [5.41, 5.74) is 0.529. The lowest BCUT2D eigenvalue weighted by molar-refractivity contribution is -0.274. The normalized spacial score (nSPS) is 11.9. The first kappa shape index (κ1) is 10.9. The van der Waals surface area contributed by atoms with Gasteiger partial charge in [-0.2, -0.15) is 0 Å².